The zero-order chi connectivity index (χ0) is 23.6. The van der Waals surface area contributed by atoms with E-state index in [1.165, 1.54) is 4.90 Å². The fourth-order valence-corrected chi connectivity index (χ4v) is 4.00. The molecule has 0 radical (unpaired) electrons. The van der Waals surface area contributed by atoms with Crippen molar-refractivity contribution in [2.75, 3.05) is 6.54 Å². The van der Waals surface area contributed by atoms with Crippen LogP contribution in [-0.2, 0) is 9.59 Å². The first-order chi connectivity index (χ1) is 15.0. The monoisotopic (exact) mass is 458 g/mol. The standard InChI is InChI=1S/C24H31ClN4O3/c1-14(15-5-7-16(8-6-15)18-12-27-10-9-19(18)25)28-22(31)20-11-17(30)13-29(20)23(32)21(26)24(2,3)4/h5-10,12,14,17,20-21,30H,11,13,26H2,1-4H3,(H,28,31)/t14-,17+,20-,21+/m0/s1. The van der Waals surface area contributed by atoms with Gasteiger partial charge in [0.05, 0.1) is 23.2 Å². The number of halogens is 1. The highest BCUT2D eigenvalue weighted by Crippen LogP contribution is 2.28. The van der Waals surface area contributed by atoms with Crippen molar-refractivity contribution in [2.45, 2.75) is 58.3 Å². The molecule has 1 saturated heterocycles. The second-order valence-corrected chi connectivity index (χ2v) is 9.85. The smallest absolute Gasteiger partial charge is 0.243 e. The molecule has 4 N–H and O–H groups in total. The van der Waals surface area contributed by atoms with Crippen molar-refractivity contribution in [3.05, 3.63) is 53.3 Å². The first kappa shape index (κ1) is 24.2. The quantitative estimate of drug-likeness (QED) is 0.638. The van der Waals surface area contributed by atoms with Crippen LogP contribution < -0.4 is 11.1 Å². The van der Waals surface area contributed by atoms with Gasteiger partial charge in [0.2, 0.25) is 11.8 Å². The number of aliphatic hydroxyl groups is 1. The Kier molecular flexibility index (Phi) is 7.22. The minimum atomic E-state index is -0.757. The average Bonchev–Trinajstić information content (AvgIpc) is 3.14. The van der Waals surface area contributed by atoms with Gasteiger partial charge < -0.3 is 21.1 Å². The molecular weight excluding hydrogens is 428 g/mol. The lowest BCUT2D eigenvalue weighted by Crippen LogP contribution is -2.55. The van der Waals surface area contributed by atoms with Gasteiger partial charge in [-0.05, 0) is 29.5 Å². The van der Waals surface area contributed by atoms with Crippen molar-refractivity contribution in [3.63, 3.8) is 0 Å². The zero-order valence-corrected chi connectivity index (χ0v) is 19.6. The summed E-state index contributed by atoms with van der Waals surface area (Å²) in [7, 11) is 0. The molecule has 2 amide bonds. The van der Waals surface area contributed by atoms with E-state index in [0.29, 0.717) is 5.02 Å². The van der Waals surface area contributed by atoms with Gasteiger partial charge >= 0.3 is 0 Å². The summed E-state index contributed by atoms with van der Waals surface area (Å²) in [6.45, 7) is 7.61. The van der Waals surface area contributed by atoms with Gasteiger partial charge in [-0.3, -0.25) is 14.6 Å². The minimum absolute atomic E-state index is 0.107. The van der Waals surface area contributed by atoms with Gasteiger partial charge in [-0.1, -0.05) is 56.6 Å². The molecule has 1 aromatic heterocycles. The minimum Gasteiger partial charge on any atom is -0.391 e. The van der Waals surface area contributed by atoms with Crippen molar-refractivity contribution in [1.29, 1.82) is 0 Å². The molecule has 1 aromatic carbocycles. The van der Waals surface area contributed by atoms with E-state index in [0.717, 1.165) is 16.7 Å². The molecular formula is C24H31ClN4O3. The van der Waals surface area contributed by atoms with Gasteiger partial charge in [-0.25, -0.2) is 0 Å². The zero-order valence-electron chi connectivity index (χ0n) is 18.9. The number of hydrogen-bond donors (Lipinski definition) is 3. The molecule has 0 bridgehead atoms. The summed E-state index contributed by atoms with van der Waals surface area (Å²) in [6.07, 6.45) is 2.79. The van der Waals surface area contributed by atoms with Crippen molar-refractivity contribution in [3.8, 4) is 11.1 Å². The maximum Gasteiger partial charge on any atom is 0.243 e. The largest absolute Gasteiger partial charge is 0.391 e. The summed E-state index contributed by atoms with van der Waals surface area (Å²) in [5.41, 5.74) is 8.35. The highest BCUT2D eigenvalue weighted by atomic mass is 35.5. The third kappa shape index (κ3) is 5.28. The topological polar surface area (TPSA) is 109 Å². The van der Waals surface area contributed by atoms with Gasteiger partial charge in [0.25, 0.3) is 0 Å². The van der Waals surface area contributed by atoms with E-state index >= 15 is 0 Å². The molecule has 1 aliphatic rings. The Morgan fingerprint density at radius 3 is 2.50 bits per heavy atom. The lowest BCUT2D eigenvalue weighted by molar-refractivity contribution is -0.141. The molecule has 2 aromatic rings. The van der Waals surface area contributed by atoms with Crippen molar-refractivity contribution >= 4 is 23.4 Å². The van der Waals surface area contributed by atoms with E-state index in [1.807, 2.05) is 52.0 Å². The van der Waals surface area contributed by atoms with E-state index in [-0.39, 0.29) is 30.8 Å². The van der Waals surface area contributed by atoms with Crippen LogP contribution in [0.5, 0.6) is 0 Å². The number of nitrogens with zero attached hydrogens (tertiary/aromatic N) is 2. The van der Waals surface area contributed by atoms with Crippen molar-refractivity contribution in [1.82, 2.24) is 15.2 Å². The summed E-state index contributed by atoms with van der Waals surface area (Å²) in [4.78, 5) is 31.4. The Labute approximate surface area is 194 Å². The Morgan fingerprint density at radius 1 is 1.25 bits per heavy atom. The number of aromatic nitrogens is 1. The van der Waals surface area contributed by atoms with E-state index in [2.05, 4.69) is 10.3 Å². The van der Waals surface area contributed by atoms with Crippen LogP contribution in [0.2, 0.25) is 5.02 Å². The first-order valence-electron chi connectivity index (χ1n) is 10.7. The molecule has 7 nitrogen and oxygen atoms in total. The summed E-state index contributed by atoms with van der Waals surface area (Å²) in [5, 5.41) is 13.7. The van der Waals surface area contributed by atoms with Crippen LogP contribution in [0, 0.1) is 5.41 Å². The van der Waals surface area contributed by atoms with Crippen molar-refractivity contribution < 1.29 is 14.7 Å². The number of nitrogens with two attached hydrogens (primary N) is 1. The van der Waals surface area contributed by atoms with E-state index in [4.69, 9.17) is 17.3 Å². The molecule has 2 heterocycles. The Hall–Kier alpha value is -2.48. The molecule has 0 aliphatic carbocycles. The number of likely N-dealkylation sites (tertiary alicyclic amines) is 1. The first-order valence-corrected chi connectivity index (χ1v) is 11.1. The fourth-order valence-electron chi connectivity index (χ4n) is 3.79. The third-order valence-corrected chi connectivity index (χ3v) is 6.24. The predicted molar refractivity (Wildman–Crippen MR) is 125 cm³/mol. The van der Waals surface area contributed by atoms with Gasteiger partial charge in [0, 0.05) is 30.9 Å². The molecule has 3 rings (SSSR count). The van der Waals surface area contributed by atoms with Gasteiger partial charge in [-0.2, -0.15) is 0 Å². The number of pyridine rings is 1. The molecule has 172 valence electrons. The lowest BCUT2D eigenvalue weighted by atomic mass is 9.86. The average molecular weight is 459 g/mol. The Balaban J connectivity index is 1.70. The Morgan fingerprint density at radius 2 is 1.91 bits per heavy atom. The number of rotatable bonds is 5. The second-order valence-electron chi connectivity index (χ2n) is 9.45. The van der Waals surface area contributed by atoms with Crippen LogP contribution in [0.15, 0.2) is 42.7 Å². The second kappa shape index (κ2) is 9.57. The van der Waals surface area contributed by atoms with Crippen LogP contribution in [0.1, 0.15) is 45.7 Å². The van der Waals surface area contributed by atoms with Crippen LogP contribution in [0.25, 0.3) is 11.1 Å². The highest BCUT2D eigenvalue weighted by Gasteiger charge is 2.42. The van der Waals surface area contributed by atoms with Crippen LogP contribution in [0.3, 0.4) is 0 Å². The number of aliphatic hydroxyl groups excluding tert-OH is 1. The number of benzene rings is 1. The summed E-state index contributed by atoms with van der Waals surface area (Å²) in [5.74, 6) is -0.623. The maximum absolute atomic E-state index is 13.0. The maximum atomic E-state index is 13.0. The molecule has 1 aliphatic heterocycles. The van der Waals surface area contributed by atoms with Gasteiger partial charge in [0.1, 0.15) is 6.04 Å². The van der Waals surface area contributed by atoms with Crippen LogP contribution in [0.4, 0.5) is 0 Å². The number of β-amino-alcohol motifs (C(OH)–C–C–N with tert-alkyl or cyclic N) is 1. The molecule has 0 spiro atoms. The Bertz CT molecular complexity index is 974. The molecule has 4 atom stereocenters. The van der Waals surface area contributed by atoms with Gasteiger partial charge in [0.15, 0.2) is 0 Å². The third-order valence-electron chi connectivity index (χ3n) is 5.91. The number of nitrogens with one attached hydrogen (secondary N) is 1. The summed E-state index contributed by atoms with van der Waals surface area (Å²) < 4.78 is 0. The predicted octanol–water partition coefficient (Wildman–Crippen LogP) is 2.91. The number of carbonyl (C=O) groups is 2. The summed E-state index contributed by atoms with van der Waals surface area (Å²) in [6, 6.07) is 7.65. The molecule has 32 heavy (non-hydrogen) atoms. The number of amides is 2. The van der Waals surface area contributed by atoms with Crippen LogP contribution >= 0.6 is 11.6 Å². The summed E-state index contributed by atoms with van der Waals surface area (Å²) >= 11 is 6.25. The number of carbonyl (C=O) groups excluding carboxylic acids is 2. The van der Waals surface area contributed by atoms with Gasteiger partial charge in [-0.15, -0.1) is 0 Å². The van der Waals surface area contributed by atoms with E-state index < -0.39 is 23.6 Å². The SMILES string of the molecule is C[C@H](NC(=O)[C@@H]1C[C@@H](O)CN1C(=O)[C@@H](N)C(C)(C)C)c1ccc(-c2cnccc2Cl)cc1. The molecule has 0 unspecified atom stereocenters. The van der Waals surface area contributed by atoms with Crippen molar-refractivity contribution in [2.24, 2.45) is 11.1 Å². The lowest BCUT2D eigenvalue weighted by Gasteiger charge is -2.32. The molecule has 0 saturated carbocycles. The molecule has 8 heteroatoms. The fraction of sp³-hybridized carbons (Fsp3) is 0.458. The highest BCUT2D eigenvalue weighted by molar-refractivity contribution is 6.33. The molecule has 1 fully saturated rings. The van der Waals surface area contributed by atoms with E-state index in [1.54, 1.807) is 18.5 Å². The normalized spacial score (nSPS) is 20.7. The number of hydrogen-bond acceptors (Lipinski definition) is 5. The van der Waals surface area contributed by atoms with Crippen LogP contribution in [-0.4, -0.2) is 51.5 Å². The van der Waals surface area contributed by atoms with E-state index in [9.17, 15) is 14.7 Å².